The Hall–Kier alpha value is -1.18. The Morgan fingerprint density at radius 1 is 0.944 bits per heavy atom. The van der Waals surface area contributed by atoms with Gasteiger partial charge in [-0.05, 0) is 41.0 Å². The monoisotopic (exact) mass is 249 g/mol. The molecule has 0 heterocycles. The fraction of sp³-hybridized carbons (Fsp3) is 0.625. The molecule has 102 valence electrons. The Labute approximate surface area is 112 Å². The molecule has 0 amide bonds. The summed E-state index contributed by atoms with van der Waals surface area (Å²) < 4.78 is 5.85. The highest BCUT2D eigenvalue weighted by atomic mass is 16.5. The fourth-order valence-corrected chi connectivity index (χ4v) is 1.97. The molecule has 2 N–H and O–H groups in total. The van der Waals surface area contributed by atoms with E-state index in [0.717, 1.165) is 18.0 Å². The molecular weight excluding hydrogens is 222 g/mol. The summed E-state index contributed by atoms with van der Waals surface area (Å²) in [5, 5.41) is 0. The maximum atomic E-state index is 6.25. The molecule has 0 aliphatic carbocycles. The molecule has 18 heavy (non-hydrogen) atoms. The molecule has 0 unspecified atom stereocenters. The number of nitrogens with two attached hydrogens (primary N) is 1. The molecule has 0 bridgehead atoms. The first kappa shape index (κ1) is 14.9. The van der Waals surface area contributed by atoms with E-state index >= 15 is 0 Å². The molecule has 0 atom stereocenters. The van der Waals surface area contributed by atoms with Crippen molar-refractivity contribution in [2.45, 2.75) is 53.4 Å². The average molecular weight is 249 g/mol. The molecule has 0 spiro atoms. The minimum atomic E-state index is 0.421. The maximum absolute atomic E-state index is 6.25. The van der Waals surface area contributed by atoms with Gasteiger partial charge >= 0.3 is 0 Å². The van der Waals surface area contributed by atoms with Crippen molar-refractivity contribution in [2.24, 2.45) is 5.92 Å². The van der Waals surface area contributed by atoms with E-state index in [1.54, 1.807) is 0 Å². The fourth-order valence-electron chi connectivity index (χ4n) is 1.97. The van der Waals surface area contributed by atoms with Crippen LogP contribution >= 0.6 is 0 Å². The normalized spacial score (nSPS) is 11.6. The number of hydrogen-bond donors (Lipinski definition) is 1. The van der Waals surface area contributed by atoms with E-state index in [-0.39, 0.29) is 0 Å². The number of anilines is 1. The predicted octanol–water partition coefficient (Wildman–Crippen LogP) is 4.55. The van der Waals surface area contributed by atoms with E-state index in [0.29, 0.717) is 17.8 Å². The second kappa shape index (κ2) is 6.12. The molecule has 2 nitrogen and oxygen atoms in total. The van der Waals surface area contributed by atoms with Crippen LogP contribution in [0.1, 0.15) is 64.5 Å². The molecule has 2 heteroatoms. The van der Waals surface area contributed by atoms with Gasteiger partial charge in [-0.15, -0.1) is 0 Å². The number of nitrogen functional groups attached to an aromatic ring is 1. The van der Waals surface area contributed by atoms with Gasteiger partial charge < -0.3 is 10.5 Å². The molecule has 0 saturated carbocycles. The number of rotatable bonds is 5. The van der Waals surface area contributed by atoms with E-state index in [4.69, 9.17) is 10.5 Å². The highest BCUT2D eigenvalue weighted by Crippen LogP contribution is 2.34. The first-order valence-electron chi connectivity index (χ1n) is 6.89. The molecule has 1 aromatic rings. The Bertz CT molecular complexity index is 365. The predicted molar refractivity (Wildman–Crippen MR) is 79.4 cm³/mol. The van der Waals surface area contributed by atoms with Gasteiger partial charge in [-0.1, -0.05) is 41.5 Å². The van der Waals surface area contributed by atoms with Crippen molar-refractivity contribution in [3.8, 4) is 5.75 Å². The molecule has 1 aromatic carbocycles. The summed E-state index contributed by atoms with van der Waals surface area (Å²) in [6.45, 7) is 13.7. The van der Waals surface area contributed by atoms with Crippen molar-refractivity contribution in [1.29, 1.82) is 0 Å². The molecule has 0 fully saturated rings. The quantitative estimate of drug-likeness (QED) is 0.777. The van der Waals surface area contributed by atoms with E-state index in [1.165, 1.54) is 11.1 Å². The second-order valence-electron chi connectivity index (χ2n) is 6.03. The van der Waals surface area contributed by atoms with Crippen molar-refractivity contribution in [1.82, 2.24) is 0 Å². The molecule has 0 radical (unpaired) electrons. The van der Waals surface area contributed by atoms with Crippen LogP contribution in [0.15, 0.2) is 12.1 Å². The Balaban J connectivity index is 3.12. The number of ether oxygens (including phenoxy) is 1. The van der Waals surface area contributed by atoms with Crippen LogP contribution in [0.5, 0.6) is 5.75 Å². The highest BCUT2D eigenvalue weighted by molar-refractivity contribution is 5.59. The van der Waals surface area contributed by atoms with Crippen molar-refractivity contribution in [3.63, 3.8) is 0 Å². The summed E-state index contributed by atoms with van der Waals surface area (Å²) in [7, 11) is 0. The van der Waals surface area contributed by atoms with Crippen LogP contribution in [0.25, 0.3) is 0 Å². The zero-order valence-corrected chi connectivity index (χ0v) is 12.6. The topological polar surface area (TPSA) is 35.2 Å². The number of benzene rings is 1. The van der Waals surface area contributed by atoms with Gasteiger partial charge in [0.05, 0.1) is 6.61 Å². The average Bonchev–Trinajstić information content (AvgIpc) is 2.26. The summed E-state index contributed by atoms with van der Waals surface area (Å²) in [6, 6.07) is 4.18. The SMILES string of the molecule is CC(C)COc1cc(C(C)C)c(N)c(C(C)C)c1. The van der Waals surface area contributed by atoms with E-state index in [9.17, 15) is 0 Å². The molecule has 0 aliphatic heterocycles. The van der Waals surface area contributed by atoms with Gasteiger partial charge in [-0.25, -0.2) is 0 Å². The molecule has 0 aliphatic rings. The van der Waals surface area contributed by atoms with Crippen molar-refractivity contribution in [3.05, 3.63) is 23.3 Å². The standard InChI is InChI=1S/C16H27NO/c1-10(2)9-18-13-7-14(11(3)4)16(17)15(8-13)12(5)6/h7-8,10-12H,9,17H2,1-6H3. The molecule has 0 aromatic heterocycles. The lowest BCUT2D eigenvalue weighted by molar-refractivity contribution is 0.270. The summed E-state index contributed by atoms with van der Waals surface area (Å²) >= 11 is 0. The van der Waals surface area contributed by atoms with Gasteiger partial charge in [0.1, 0.15) is 5.75 Å². The van der Waals surface area contributed by atoms with Gasteiger partial charge in [0, 0.05) is 5.69 Å². The van der Waals surface area contributed by atoms with Crippen LogP contribution in [0, 0.1) is 5.92 Å². The van der Waals surface area contributed by atoms with Crippen molar-refractivity contribution >= 4 is 5.69 Å². The van der Waals surface area contributed by atoms with Crippen LogP contribution in [-0.4, -0.2) is 6.61 Å². The summed E-state index contributed by atoms with van der Waals surface area (Å²) in [6.07, 6.45) is 0. The third-order valence-electron chi connectivity index (χ3n) is 3.04. The largest absolute Gasteiger partial charge is 0.493 e. The van der Waals surface area contributed by atoms with Gasteiger partial charge in [0.2, 0.25) is 0 Å². The first-order chi connectivity index (χ1) is 8.32. The lowest BCUT2D eigenvalue weighted by Gasteiger charge is -2.19. The van der Waals surface area contributed by atoms with E-state index < -0.39 is 0 Å². The van der Waals surface area contributed by atoms with Gasteiger partial charge in [-0.2, -0.15) is 0 Å². The van der Waals surface area contributed by atoms with E-state index in [1.807, 2.05) is 0 Å². The molecule has 0 saturated heterocycles. The lowest BCUT2D eigenvalue weighted by atomic mass is 9.92. The van der Waals surface area contributed by atoms with Crippen LogP contribution in [0.2, 0.25) is 0 Å². The summed E-state index contributed by atoms with van der Waals surface area (Å²) in [4.78, 5) is 0. The third-order valence-corrected chi connectivity index (χ3v) is 3.04. The molecule has 1 rings (SSSR count). The van der Waals surface area contributed by atoms with Gasteiger partial charge in [0.25, 0.3) is 0 Å². The minimum Gasteiger partial charge on any atom is -0.493 e. The highest BCUT2D eigenvalue weighted by Gasteiger charge is 2.14. The summed E-state index contributed by atoms with van der Waals surface area (Å²) in [5.41, 5.74) is 9.57. The van der Waals surface area contributed by atoms with Crippen LogP contribution in [-0.2, 0) is 0 Å². The zero-order chi connectivity index (χ0) is 13.9. The minimum absolute atomic E-state index is 0.421. The maximum Gasteiger partial charge on any atom is 0.120 e. The zero-order valence-electron chi connectivity index (χ0n) is 12.6. The third kappa shape index (κ3) is 3.66. The Morgan fingerprint density at radius 2 is 1.39 bits per heavy atom. The van der Waals surface area contributed by atoms with E-state index in [2.05, 4.69) is 53.7 Å². The Kier molecular flexibility index (Phi) is 5.06. The second-order valence-corrected chi connectivity index (χ2v) is 6.03. The Morgan fingerprint density at radius 3 is 1.72 bits per heavy atom. The van der Waals surface area contributed by atoms with Crippen molar-refractivity contribution < 1.29 is 4.74 Å². The summed E-state index contributed by atoms with van der Waals surface area (Å²) in [5.74, 6) is 2.33. The van der Waals surface area contributed by atoms with Crippen molar-refractivity contribution in [2.75, 3.05) is 12.3 Å². The van der Waals surface area contributed by atoms with Gasteiger partial charge in [-0.3, -0.25) is 0 Å². The lowest BCUT2D eigenvalue weighted by Crippen LogP contribution is -2.08. The number of hydrogen-bond acceptors (Lipinski definition) is 2. The van der Waals surface area contributed by atoms with Crippen LogP contribution in [0.3, 0.4) is 0 Å². The molecular formula is C16H27NO. The van der Waals surface area contributed by atoms with Gasteiger partial charge in [0.15, 0.2) is 0 Å². The smallest absolute Gasteiger partial charge is 0.120 e. The van der Waals surface area contributed by atoms with Crippen LogP contribution in [0.4, 0.5) is 5.69 Å². The first-order valence-corrected chi connectivity index (χ1v) is 6.89. The van der Waals surface area contributed by atoms with Crippen LogP contribution < -0.4 is 10.5 Å².